The summed E-state index contributed by atoms with van der Waals surface area (Å²) in [7, 11) is 0. The molecule has 67 heavy (non-hydrogen) atoms. The highest BCUT2D eigenvalue weighted by molar-refractivity contribution is 6.01. The Morgan fingerprint density at radius 2 is 1.04 bits per heavy atom. The third kappa shape index (κ3) is 12.8. The number of carbonyl (C=O) groups excluding carboxylic acids is 6. The number of rotatable bonds is 13. The summed E-state index contributed by atoms with van der Waals surface area (Å²) < 4.78 is 11.0. The molecule has 15 heteroatoms. The predicted octanol–water partition coefficient (Wildman–Crippen LogP) is 7.97. The van der Waals surface area contributed by atoms with Crippen LogP contribution < -0.4 is 21.3 Å². The number of aromatic nitrogens is 1. The van der Waals surface area contributed by atoms with E-state index in [1.165, 1.54) is 0 Å². The van der Waals surface area contributed by atoms with E-state index in [4.69, 9.17) is 9.47 Å². The van der Waals surface area contributed by atoms with Gasteiger partial charge in [0, 0.05) is 53.9 Å². The van der Waals surface area contributed by atoms with Gasteiger partial charge in [0.1, 0.15) is 35.4 Å². The fraction of sp³-hybridized carbons (Fsp3) is 0.385. The molecule has 7 rings (SSSR count). The molecule has 5 N–H and O–H groups in total. The first kappa shape index (κ1) is 47.8. The van der Waals surface area contributed by atoms with Gasteiger partial charge in [0.05, 0.1) is 0 Å². The molecule has 0 saturated carbocycles. The summed E-state index contributed by atoms with van der Waals surface area (Å²) in [6.45, 7) is 11.3. The van der Waals surface area contributed by atoms with E-state index in [-0.39, 0.29) is 36.5 Å². The molecule has 6 amide bonds. The van der Waals surface area contributed by atoms with Gasteiger partial charge in [-0.05, 0) is 120 Å². The summed E-state index contributed by atoms with van der Waals surface area (Å²) in [5.41, 5.74) is 3.88. The second-order valence-corrected chi connectivity index (χ2v) is 19.2. The SMILES string of the molecule is CC(C)(C)OC(=O)N[C@@H](Cc1ccccc1)C(=O)N1CCC[C@H]1C(=O)Nc1ccc(-c2cc3cc(NC(=O)[C@@H]4CCCN4C(=O)[C@H](Cc4ccccc4)NC(=O)OC(C)(C)C)ccc3[nH]2)cc1. The number of hydrogen-bond donors (Lipinski definition) is 5. The van der Waals surface area contributed by atoms with E-state index in [9.17, 15) is 28.8 Å². The zero-order chi connectivity index (χ0) is 47.9. The molecule has 352 valence electrons. The molecule has 4 atom stereocenters. The summed E-state index contributed by atoms with van der Waals surface area (Å²) in [5, 5.41) is 12.4. The Morgan fingerprint density at radius 1 is 0.597 bits per heavy atom. The van der Waals surface area contributed by atoms with E-state index in [1.807, 2.05) is 91.0 Å². The van der Waals surface area contributed by atoms with Crippen LogP contribution in [0, 0.1) is 0 Å². The molecular weight excluding hydrogens is 851 g/mol. The lowest BCUT2D eigenvalue weighted by atomic mass is 10.0. The van der Waals surface area contributed by atoms with Crippen LogP contribution >= 0.6 is 0 Å². The molecule has 0 spiro atoms. The van der Waals surface area contributed by atoms with Crippen LogP contribution in [0.25, 0.3) is 22.2 Å². The molecule has 3 heterocycles. The number of H-pyrrole nitrogens is 1. The average Bonchev–Trinajstić information content (AvgIpc) is 4.06. The lowest BCUT2D eigenvalue weighted by Gasteiger charge is -2.29. The Bertz CT molecular complexity index is 2570. The van der Waals surface area contributed by atoms with Gasteiger partial charge in [-0.1, -0.05) is 72.8 Å². The van der Waals surface area contributed by atoms with Gasteiger partial charge in [0.25, 0.3) is 0 Å². The molecule has 2 fully saturated rings. The van der Waals surface area contributed by atoms with Crippen LogP contribution in [-0.2, 0) is 41.5 Å². The maximum absolute atomic E-state index is 14.1. The first-order valence-corrected chi connectivity index (χ1v) is 22.9. The number of fused-ring (bicyclic) bond motifs is 1. The van der Waals surface area contributed by atoms with Gasteiger partial charge >= 0.3 is 12.2 Å². The van der Waals surface area contributed by atoms with E-state index in [0.717, 1.165) is 33.3 Å². The van der Waals surface area contributed by atoms with Crippen LogP contribution in [0.15, 0.2) is 109 Å². The van der Waals surface area contributed by atoms with Crippen molar-refractivity contribution in [3.63, 3.8) is 0 Å². The summed E-state index contributed by atoms with van der Waals surface area (Å²) >= 11 is 0. The van der Waals surface area contributed by atoms with Gasteiger partial charge in [0.2, 0.25) is 23.6 Å². The molecular formula is C52H61N7O8. The number of hydrogen-bond acceptors (Lipinski definition) is 8. The maximum Gasteiger partial charge on any atom is 0.408 e. The van der Waals surface area contributed by atoms with Crippen molar-refractivity contribution in [2.75, 3.05) is 23.7 Å². The molecule has 15 nitrogen and oxygen atoms in total. The van der Waals surface area contributed by atoms with Gasteiger partial charge in [-0.25, -0.2) is 9.59 Å². The summed E-state index contributed by atoms with van der Waals surface area (Å²) in [5.74, 6) is -1.33. The van der Waals surface area contributed by atoms with E-state index >= 15 is 0 Å². The second-order valence-electron chi connectivity index (χ2n) is 19.2. The monoisotopic (exact) mass is 911 g/mol. The van der Waals surface area contributed by atoms with Crippen molar-refractivity contribution in [1.82, 2.24) is 25.4 Å². The van der Waals surface area contributed by atoms with Crippen LogP contribution in [-0.4, -0.2) is 99.1 Å². The number of amides is 6. The van der Waals surface area contributed by atoms with Crippen LogP contribution in [0.4, 0.5) is 21.0 Å². The number of likely N-dealkylation sites (tertiary alicyclic amines) is 2. The molecule has 0 unspecified atom stereocenters. The van der Waals surface area contributed by atoms with Gasteiger partial charge in [-0.2, -0.15) is 0 Å². The fourth-order valence-corrected chi connectivity index (χ4v) is 8.56. The standard InChI is InChI=1S/C52H61N7O8/c1-51(2,3)66-49(64)56-41(29-33-15-9-7-10-16-33)47(62)58-27-13-19-43(58)45(60)53-37-23-21-35(22-24-37)40-32-36-31-38(25-26-39(36)55-40)54-46(61)44-20-14-28-59(44)48(63)42(30-34-17-11-8-12-18-34)57-50(65)67-52(4,5)6/h7-12,15-18,21-26,31-32,41-44,55H,13-14,19-20,27-30H2,1-6H3,(H,53,60)(H,54,61)(H,56,64)(H,57,65)/t41-,42-,43-,44-/m0/s1. The maximum atomic E-state index is 14.1. The number of aromatic amines is 1. The molecule has 5 aromatic rings. The first-order chi connectivity index (χ1) is 31.9. The van der Waals surface area contributed by atoms with Crippen molar-refractivity contribution in [3.8, 4) is 11.3 Å². The fourth-order valence-electron chi connectivity index (χ4n) is 8.56. The Morgan fingerprint density at radius 3 is 1.51 bits per heavy atom. The molecule has 2 aliphatic heterocycles. The van der Waals surface area contributed by atoms with Crippen molar-refractivity contribution in [3.05, 3.63) is 120 Å². The van der Waals surface area contributed by atoms with Crippen molar-refractivity contribution in [2.45, 2.75) is 115 Å². The third-order valence-electron chi connectivity index (χ3n) is 11.6. The Hall–Kier alpha value is -7.16. The van der Waals surface area contributed by atoms with Gasteiger partial charge < -0.3 is 45.5 Å². The highest BCUT2D eigenvalue weighted by Crippen LogP contribution is 2.29. The zero-order valence-corrected chi connectivity index (χ0v) is 39.0. The first-order valence-electron chi connectivity index (χ1n) is 22.9. The molecule has 2 aliphatic rings. The van der Waals surface area contributed by atoms with Crippen molar-refractivity contribution < 1.29 is 38.2 Å². The normalized spacial score (nSPS) is 17.0. The molecule has 1 aromatic heterocycles. The number of benzene rings is 4. The number of carbonyl (C=O) groups is 6. The number of anilines is 2. The Kier molecular flexibility index (Phi) is 14.7. The highest BCUT2D eigenvalue weighted by Gasteiger charge is 2.40. The quantitative estimate of drug-likeness (QED) is 0.0786. The largest absolute Gasteiger partial charge is 0.444 e. The minimum atomic E-state index is -0.932. The minimum Gasteiger partial charge on any atom is -0.444 e. The van der Waals surface area contributed by atoms with Gasteiger partial charge in [-0.15, -0.1) is 0 Å². The lowest BCUT2D eigenvalue weighted by molar-refractivity contribution is -0.138. The van der Waals surface area contributed by atoms with Crippen LogP contribution in [0.1, 0.15) is 78.4 Å². The van der Waals surface area contributed by atoms with Crippen molar-refractivity contribution in [2.24, 2.45) is 0 Å². The van der Waals surface area contributed by atoms with Crippen molar-refractivity contribution >= 4 is 58.1 Å². The van der Waals surface area contributed by atoms with Crippen molar-refractivity contribution in [1.29, 1.82) is 0 Å². The average molecular weight is 912 g/mol. The summed E-state index contributed by atoms with van der Waals surface area (Å²) in [6.07, 6.45) is 1.32. The number of alkyl carbamates (subject to hydrolysis) is 2. The van der Waals surface area contributed by atoms with E-state index in [0.29, 0.717) is 50.1 Å². The van der Waals surface area contributed by atoms with E-state index in [2.05, 4.69) is 26.3 Å². The number of nitrogens with zero attached hydrogens (tertiary/aromatic N) is 2. The molecule has 4 aromatic carbocycles. The summed E-state index contributed by atoms with van der Waals surface area (Å²) in [4.78, 5) is 87.8. The van der Waals surface area contributed by atoms with E-state index in [1.54, 1.807) is 69.5 Å². The van der Waals surface area contributed by atoms with Crippen LogP contribution in [0.3, 0.4) is 0 Å². The third-order valence-corrected chi connectivity index (χ3v) is 11.6. The minimum absolute atomic E-state index is 0.239. The molecule has 0 bridgehead atoms. The second kappa shape index (κ2) is 20.6. The van der Waals surface area contributed by atoms with Crippen LogP contribution in [0.2, 0.25) is 0 Å². The molecule has 0 radical (unpaired) electrons. The van der Waals surface area contributed by atoms with Gasteiger partial charge in [-0.3, -0.25) is 19.2 Å². The number of nitrogens with one attached hydrogen (secondary N) is 5. The predicted molar refractivity (Wildman–Crippen MR) is 257 cm³/mol. The topological polar surface area (TPSA) is 191 Å². The molecule has 0 aliphatic carbocycles. The zero-order valence-electron chi connectivity index (χ0n) is 39.0. The Balaban J connectivity index is 0.979. The number of ether oxygens (including phenoxy) is 2. The molecule has 2 saturated heterocycles. The highest BCUT2D eigenvalue weighted by atomic mass is 16.6. The smallest absolute Gasteiger partial charge is 0.408 e. The lowest BCUT2D eigenvalue weighted by Crippen LogP contribution is -2.54. The summed E-state index contributed by atoms with van der Waals surface area (Å²) in [6, 6.07) is 30.4. The van der Waals surface area contributed by atoms with E-state index < -0.39 is 47.6 Å². The Labute approximate surface area is 391 Å². The van der Waals surface area contributed by atoms with Gasteiger partial charge in [0.15, 0.2) is 0 Å². The van der Waals surface area contributed by atoms with Crippen LogP contribution in [0.5, 0.6) is 0 Å².